The molecule has 0 bridgehead atoms. The van der Waals surface area contributed by atoms with Crippen molar-refractivity contribution < 1.29 is 4.92 Å². The maximum Gasteiger partial charge on any atom is 0.350 e. The molecule has 0 fully saturated rings. The molecule has 8 nitrogen and oxygen atoms in total. The summed E-state index contributed by atoms with van der Waals surface area (Å²) in [4.78, 5) is 37.1. The lowest BCUT2D eigenvalue weighted by Gasteiger charge is -2.05. The molecule has 0 saturated carbocycles. The Hall–Kier alpha value is -2.77. The summed E-state index contributed by atoms with van der Waals surface area (Å²) in [7, 11) is 1.18. The van der Waals surface area contributed by atoms with E-state index in [4.69, 9.17) is 0 Å². The first kappa shape index (κ1) is 11.7. The van der Waals surface area contributed by atoms with Crippen molar-refractivity contribution in [3.05, 3.63) is 61.5 Å². The van der Waals surface area contributed by atoms with Gasteiger partial charge in [-0.25, -0.2) is 14.3 Å². The molecule has 0 amide bonds. The van der Waals surface area contributed by atoms with Gasteiger partial charge < -0.3 is 0 Å². The Bertz CT molecular complexity index is 717. The van der Waals surface area contributed by atoms with Crippen molar-refractivity contribution in [1.82, 2.24) is 14.1 Å². The van der Waals surface area contributed by atoms with E-state index in [-0.39, 0.29) is 5.82 Å². The molecule has 0 aliphatic carbocycles. The normalized spacial score (nSPS) is 10.3. The van der Waals surface area contributed by atoms with Crippen LogP contribution in [0.15, 0.2) is 40.2 Å². The van der Waals surface area contributed by atoms with Gasteiger partial charge in [0, 0.05) is 13.2 Å². The molecule has 0 radical (unpaired) electrons. The number of hydrogen-bond donors (Lipinski definition) is 0. The van der Waals surface area contributed by atoms with E-state index < -0.39 is 21.9 Å². The van der Waals surface area contributed by atoms with Gasteiger partial charge in [-0.1, -0.05) is 6.07 Å². The molecule has 0 atom stereocenters. The standard InChI is InChI=1S/C10H8N4O4/c1-12-9(15)7(14(17)18)6-13(10(12)16)8-4-2-3-5-11-8/h2-6H,1H3. The monoisotopic (exact) mass is 248 g/mol. The summed E-state index contributed by atoms with van der Waals surface area (Å²) < 4.78 is 1.63. The molecule has 18 heavy (non-hydrogen) atoms. The van der Waals surface area contributed by atoms with Crippen molar-refractivity contribution in [3.8, 4) is 5.82 Å². The number of aromatic nitrogens is 3. The van der Waals surface area contributed by atoms with Crippen LogP contribution in [0.25, 0.3) is 5.82 Å². The Balaban J connectivity index is 2.82. The number of pyridine rings is 1. The predicted octanol–water partition coefficient (Wildman–Crippen LogP) is -0.161. The Labute approximate surface area is 99.9 Å². The smallest absolute Gasteiger partial charge is 0.261 e. The predicted molar refractivity (Wildman–Crippen MR) is 61.7 cm³/mol. The SMILES string of the molecule is Cn1c(=O)c([N+](=O)[O-])cn(-c2ccccn2)c1=O. The molecule has 0 aliphatic heterocycles. The highest BCUT2D eigenvalue weighted by Gasteiger charge is 2.18. The molecule has 0 spiro atoms. The minimum atomic E-state index is -0.947. The van der Waals surface area contributed by atoms with Crippen LogP contribution in [0.4, 0.5) is 5.69 Å². The molecule has 0 N–H and O–H groups in total. The molecule has 0 saturated heterocycles. The van der Waals surface area contributed by atoms with E-state index in [0.717, 1.165) is 10.8 Å². The third-order valence-electron chi connectivity index (χ3n) is 2.36. The summed E-state index contributed by atoms with van der Waals surface area (Å²) in [6.07, 6.45) is 2.33. The molecule has 0 aromatic carbocycles. The Kier molecular flexibility index (Phi) is 2.76. The molecular weight excluding hydrogens is 240 g/mol. The number of hydrogen-bond acceptors (Lipinski definition) is 5. The second-order valence-electron chi connectivity index (χ2n) is 3.48. The number of nitrogens with zero attached hydrogens (tertiary/aromatic N) is 4. The Morgan fingerprint density at radius 2 is 2.06 bits per heavy atom. The maximum atomic E-state index is 11.8. The summed E-state index contributed by atoms with van der Waals surface area (Å²) in [6.45, 7) is 0. The van der Waals surface area contributed by atoms with E-state index in [2.05, 4.69) is 4.98 Å². The summed E-state index contributed by atoms with van der Waals surface area (Å²) in [5, 5.41) is 10.7. The summed E-state index contributed by atoms with van der Waals surface area (Å²) in [6, 6.07) is 4.78. The van der Waals surface area contributed by atoms with E-state index in [0.29, 0.717) is 4.57 Å². The minimum Gasteiger partial charge on any atom is -0.261 e. The third-order valence-corrected chi connectivity index (χ3v) is 2.36. The summed E-state index contributed by atoms with van der Waals surface area (Å²) in [5.41, 5.74) is -2.32. The van der Waals surface area contributed by atoms with Crippen LogP contribution in [-0.2, 0) is 7.05 Å². The lowest BCUT2D eigenvalue weighted by Crippen LogP contribution is -2.38. The minimum absolute atomic E-state index is 0.209. The van der Waals surface area contributed by atoms with Crippen molar-refractivity contribution in [1.29, 1.82) is 0 Å². The van der Waals surface area contributed by atoms with Crippen molar-refractivity contribution in [3.63, 3.8) is 0 Å². The van der Waals surface area contributed by atoms with Crippen molar-refractivity contribution in [2.75, 3.05) is 0 Å². The Morgan fingerprint density at radius 1 is 1.33 bits per heavy atom. The summed E-state index contributed by atoms with van der Waals surface area (Å²) in [5.74, 6) is 0.209. The molecule has 2 heterocycles. The quantitative estimate of drug-likeness (QED) is 0.543. The van der Waals surface area contributed by atoms with Gasteiger partial charge in [-0.15, -0.1) is 0 Å². The topological polar surface area (TPSA) is 100 Å². The van der Waals surface area contributed by atoms with Crippen LogP contribution in [0.5, 0.6) is 0 Å². The molecular formula is C10H8N4O4. The van der Waals surface area contributed by atoms with Crippen LogP contribution in [-0.4, -0.2) is 19.0 Å². The number of rotatable bonds is 2. The van der Waals surface area contributed by atoms with Crippen molar-refractivity contribution in [2.45, 2.75) is 0 Å². The third kappa shape index (κ3) is 1.79. The average molecular weight is 248 g/mol. The summed E-state index contributed by atoms with van der Waals surface area (Å²) >= 11 is 0. The van der Waals surface area contributed by atoms with Crippen LogP contribution < -0.4 is 11.2 Å². The fourth-order valence-corrected chi connectivity index (χ4v) is 1.44. The molecule has 2 aromatic rings. The zero-order valence-corrected chi connectivity index (χ0v) is 9.31. The van der Waals surface area contributed by atoms with Gasteiger partial charge in [-0.05, 0) is 12.1 Å². The van der Waals surface area contributed by atoms with Gasteiger partial charge in [-0.3, -0.25) is 19.5 Å². The highest BCUT2D eigenvalue weighted by atomic mass is 16.6. The molecule has 0 aliphatic rings. The lowest BCUT2D eigenvalue weighted by molar-refractivity contribution is -0.387. The molecule has 2 rings (SSSR count). The first-order valence-corrected chi connectivity index (χ1v) is 4.91. The van der Waals surface area contributed by atoms with Crippen LogP contribution >= 0.6 is 0 Å². The highest BCUT2D eigenvalue weighted by molar-refractivity contribution is 5.29. The van der Waals surface area contributed by atoms with Crippen molar-refractivity contribution >= 4 is 5.69 Å². The van der Waals surface area contributed by atoms with Crippen LogP contribution in [0.3, 0.4) is 0 Å². The zero-order chi connectivity index (χ0) is 13.3. The van der Waals surface area contributed by atoms with Crippen LogP contribution in [0, 0.1) is 10.1 Å². The average Bonchev–Trinajstić information content (AvgIpc) is 2.37. The van der Waals surface area contributed by atoms with Gasteiger partial charge >= 0.3 is 16.9 Å². The van der Waals surface area contributed by atoms with Gasteiger partial charge in [-0.2, -0.15) is 0 Å². The molecule has 8 heteroatoms. The van der Waals surface area contributed by atoms with E-state index in [1.807, 2.05) is 0 Å². The van der Waals surface area contributed by atoms with Gasteiger partial charge in [0.1, 0.15) is 5.82 Å². The first-order chi connectivity index (χ1) is 8.52. The van der Waals surface area contributed by atoms with Crippen LogP contribution in [0.2, 0.25) is 0 Å². The van der Waals surface area contributed by atoms with E-state index >= 15 is 0 Å². The second-order valence-corrected chi connectivity index (χ2v) is 3.48. The van der Waals surface area contributed by atoms with Crippen molar-refractivity contribution in [2.24, 2.45) is 7.05 Å². The molecule has 0 unspecified atom stereocenters. The zero-order valence-electron chi connectivity index (χ0n) is 9.31. The van der Waals surface area contributed by atoms with Gasteiger partial charge in [0.2, 0.25) is 0 Å². The Morgan fingerprint density at radius 3 is 2.61 bits per heavy atom. The van der Waals surface area contributed by atoms with Gasteiger partial charge in [0.15, 0.2) is 0 Å². The van der Waals surface area contributed by atoms with Gasteiger partial charge in [0.05, 0.1) is 11.1 Å². The fourth-order valence-electron chi connectivity index (χ4n) is 1.44. The molecule has 2 aromatic heterocycles. The van der Waals surface area contributed by atoms with E-state index in [1.165, 1.54) is 19.3 Å². The van der Waals surface area contributed by atoms with E-state index in [9.17, 15) is 19.7 Å². The fraction of sp³-hybridized carbons (Fsp3) is 0.100. The van der Waals surface area contributed by atoms with Gasteiger partial charge in [0.25, 0.3) is 0 Å². The number of nitro groups is 1. The highest BCUT2D eigenvalue weighted by Crippen LogP contribution is 2.04. The van der Waals surface area contributed by atoms with Crippen LogP contribution in [0.1, 0.15) is 0 Å². The van der Waals surface area contributed by atoms with E-state index in [1.54, 1.807) is 12.1 Å². The molecule has 92 valence electrons. The largest absolute Gasteiger partial charge is 0.350 e. The first-order valence-electron chi connectivity index (χ1n) is 4.91. The lowest BCUT2D eigenvalue weighted by atomic mass is 10.4. The maximum absolute atomic E-state index is 11.8. The second kappa shape index (κ2) is 4.24.